The predicted octanol–water partition coefficient (Wildman–Crippen LogP) is 4.04. The zero-order chi connectivity index (χ0) is 13.7. The van der Waals surface area contributed by atoms with E-state index >= 15 is 0 Å². The molecule has 0 spiro atoms. The highest BCUT2D eigenvalue weighted by atomic mass is 32.2. The van der Waals surface area contributed by atoms with Crippen LogP contribution in [0.3, 0.4) is 0 Å². The van der Waals surface area contributed by atoms with Crippen LogP contribution in [0.15, 0.2) is 40.7 Å². The summed E-state index contributed by atoms with van der Waals surface area (Å²) in [6.45, 7) is 1.27. The molecule has 1 heterocycles. The van der Waals surface area contributed by atoms with Gasteiger partial charge in [-0.1, -0.05) is 12.1 Å². The van der Waals surface area contributed by atoms with Crippen molar-refractivity contribution >= 4 is 23.1 Å². The SMILES string of the molecule is FC(F)(F)Sc1ccc(CNCc2nccs2)cc1. The van der Waals surface area contributed by atoms with Gasteiger partial charge in [0.2, 0.25) is 0 Å². The zero-order valence-electron chi connectivity index (χ0n) is 9.78. The van der Waals surface area contributed by atoms with Crippen molar-refractivity contribution in [1.82, 2.24) is 10.3 Å². The third-order valence-corrected chi connectivity index (χ3v) is 3.76. The van der Waals surface area contributed by atoms with Crippen LogP contribution >= 0.6 is 23.1 Å². The second kappa shape index (κ2) is 6.40. The number of halogens is 3. The fraction of sp³-hybridized carbons (Fsp3) is 0.250. The minimum atomic E-state index is -4.23. The lowest BCUT2D eigenvalue weighted by Gasteiger charge is -2.07. The highest BCUT2D eigenvalue weighted by Gasteiger charge is 2.28. The first-order valence-electron chi connectivity index (χ1n) is 5.47. The van der Waals surface area contributed by atoms with E-state index in [1.54, 1.807) is 29.7 Å². The molecule has 7 heteroatoms. The monoisotopic (exact) mass is 304 g/mol. The number of aromatic nitrogens is 1. The van der Waals surface area contributed by atoms with E-state index in [-0.39, 0.29) is 16.7 Å². The van der Waals surface area contributed by atoms with Crippen molar-refractivity contribution in [2.24, 2.45) is 0 Å². The van der Waals surface area contributed by atoms with Crippen LogP contribution in [0.5, 0.6) is 0 Å². The number of thioether (sulfide) groups is 1. The van der Waals surface area contributed by atoms with E-state index in [9.17, 15) is 13.2 Å². The largest absolute Gasteiger partial charge is 0.446 e. The molecule has 0 saturated carbocycles. The van der Waals surface area contributed by atoms with Gasteiger partial charge in [-0.25, -0.2) is 4.98 Å². The highest BCUT2D eigenvalue weighted by Crippen LogP contribution is 2.36. The molecule has 19 heavy (non-hydrogen) atoms. The Bertz CT molecular complexity index is 495. The normalized spacial score (nSPS) is 11.7. The first kappa shape index (κ1) is 14.4. The summed E-state index contributed by atoms with van der Waals surface area (Å²) in [5.41, 5.74) is -3.28. The van der Waals surface area contributed by atoms with Crippen molar-refractivity contribution in [3.63, 3.8) is 0 Å². The number of benzene rings is 1. The molecule has 2 nitrogen and oxygen atoms in total. The molecule has 0 bridgehead atoms. The second-order valence-corrected chi connectivity index (χ2v) is 5.84. The molecule has 0 unspecified atom stereocenters. The topological polar surface area (TPSA) is 24.9 Å². The van der Waals surface area contributed by atoms with Crippen LogP contribution in [-0.2, 0) is 13.1 Å². The van der Waals surface area contributed by atoms with E-state index in [1.807, 2.05) is 5.38 Å². The number of alkyl halides is 3. The Hall–Kier alpha value is -1.05. The van der Waals surface area contributed by atoms with E-state index in [0.717, 1.165) is 10.6 Å². The van der Waals surface area contributed by atoms with Crippen LogP contribution in [0.4, 0.5) is 13.2 Å². The van der Waals surface area contributed by atoms with Crippen molar-refractivity contribution in [3.05, 3.63) is 46.4 Å². The Morgan fingerprint density at radius 1 is 1.16 bits per heavy atom. The van der Waals surface area contributed by atoms with Gasteiger partial charge in [0.1, 0.15) is 5.01 Å². The molecule has 2 aromatic rings. The van der Waals surface area contributed by atoms with E-state index in [4.69, 9.17) is 0 Å². The molecule has 0 aliphatic carbocycles. The van der Waals surface area contributed by atoms with Crippen molar-refractivity contribution in [2.75, 3.05) is 0 Å². The molecule has 0 aliphatic heterocycles. The molecule has 1 N–H and O–H groups in total. The smallest absolute Gasteiger partial charge is 0.306 e. The average molecular weight is 304 g/mol. The van der Waals surface area contributed by atoms with Gasteiger partial charge in [-0.05, 0) is 29.5 Å². The molecule has 102 valence electrons. The molecule has 0 saturated heterocycles. The Balaban J connectivity index is 1.81. The summed E-state index contributed by atoms with van der Waals surface area (Å²) in [5.74, 6) is 0. The molecule has 0 atom stereocenters. The van der Waals surface area contributed by atoms with Crippen LogP contribution in [0.1, 0.15) is 10.6 Å². The Morgan fingerprint density at radius 3 is 2.47 bits per heavy atom. The van der Waals surface area contributed by atoms with E-state index in [0.29, 0.717) is 13.1 Å². The van der Waals surface area contributed by atoms with Crippen molar-refractivity contribution < 1.29 is 13.2 Å². The second-order valence-electron chi connectivity index (χ2n) is 3.72. The fourth-order valence-corrected chi connectivity index (χ4v) is 2.59. The summed E-state index contributed by atoms with van der Waals surface area (Å²) >= 11 is 1.47. The molecule has 0 amide bonds. The first-order chi connectivity index (χ1) is 9.03. The third kappa shape index (κ3) is 5.22. The summed E-state index contributed by atoms with van der Waals surface area (Å²) in [6, 6.07) is 6.36. The molecule has 1 aromatic heterocycles. The Morgan fingerprint density at radius 2 is 1.89 bits per heavy atom. The molecule has 2 rings (SSSR count). The lowest BCUT2D eigenvalue weighted by atomic mass is 10.2. The fourth-order valence-electron chi connectivity index (χ4n) is 1.46. The van der Waals surface area contributed by atoms with Gasteiger partial charge < -0.3 is 5.32 Å². The Labute approximate surface area is 117 Å². The van der Waals surface area contributed by atoms with E-state index in [1.165, 1.54) is 12.1 Å². The van der Waals surface area contributed by atoms with Crippen LogP contribution in [0.25, 0.3) is 0 Å². The van der Waals surface area contributed by atoms with Gasteiger partial charge in [0, 0.05) is 29.6 Å². The molecule has 0 aliphatic rings. The Kier molecular flexibility index (Phi) is 4.84. The molecular weight excluding hydrogens is 293 g/mol. The molecule has 0 radical (unpaired) electrons. The zero-order valence-corrected chi connectivity index (χ0v) is 11.4. The van der Waals surface area contributed by atoms with Gasteiger partial charge >= 0.3 is 5.51 Å². The summed E-state index contributed by atoms with van der Waals surface area (Å²) in [5, 5.41) is 6.08. The van der Waals surface area contributed by atoms with Gasteiger partial charge in [-0.3, -0.25) is 0 Å². The molecule has 1 aromatic carbocycles. The lowest BCUT2D eigenvalue weighted by Crippen LogP contribution is -2.12. The summed E-state index contributed by atoms with van der Waals surface area (Å²) < 4.78 is 36.4. The van der Waals surface area contributed by atoms with Gasteiger partial charge in [-0.2, -0.15) is 13.2 Å². The van der Waals surface area contributed by atoms with Crippen molar-refractivity contribution in [3.8, 4) is 0 Å². The number of rotatable bonds is 5. The first-order valence-corrected chi connectivity index (χ1v) is 7.16. The van der Waals surface area contributed by atoms with Crippen LogP contribution < -0.4 is 5.32 Å². The van der Waals surface area contributed by atoms with Crippen LogP contribution in [-0.4, -0.2) is 10.5 Å². The number of hydrogen-bond acceptors (Lipinski definition) is 4. The minimum Gasteiger partial charge on any atom is -0.306 e. The van der Waals surface area contributed by atoms with Gasteiger partial charge in [-0.15, -0.1) is 11.3 Å². The molecule has 0 fully saturated rings. The van der Waals surface area contributed by atoms with Crippen LogP contribution in [0.2, 0.25) is 0 Å². The summed E-state index contributed by atoms with van der Waals surface area (Å²) in [7, 11) is 0. The highest BCUT2D eigenvalue weighted by molar-refractivity contribution is 8.00. The quantitative estimate of drug-likeness (QED) is 0.844. The van der Waals surface area contributed by atoms with Crippen LogP contribution in [0, 0.1) is 0 Å². The maximum absolute atomic E-state index is 12.1. The van der Waals surface area contributed by atoms with Crippen molar-refractivity contribution in [2.45, 2.75) is 23.5 Å². The van der Waals surface area contributed by atoms with Crippen molar-refractivity contribution in [1.29, 1.82) is 0 Å². The van der Waals surface area contributed by atoms with Gasteiger partial charge in [0.05, 0.1) is 0 Å². The average Bonchev–Trinajstić information content (AvgIpc) is 2.82. The predicted molar refractivity (Wildman–Crippen MR) is 71.0 cm³/mol. The lowest BCUT2D eigenvalue weighted by molar-refractivity contribution is -0.0328. The van der Waals surface area contributed by atoms with E-state index < -0.39 is 5.51 Å². The summed E-state index contributed by atoms with van der Waals surface area (Å²) in [6.07, 6.45) is 1.74. The maximum Gasteiger partial charge on any atom is 0.446 e. The van der Waals surface area contributed by atoms with Gasteiger partial charge in [0.25, 0.3) is 0 Å². The summed E-state index contributed by atoms with van der Waals surface area (Å²) in [4.78, 5) is 4.33. The number of hydrogen-bond donors (Lipinski definition) is 1. The number of nitrogens with zero attached hydrogens (tertiary/aromatic N) is 1. The standard InChI is InChI=1S/C12H11F3N2S2/c13-12(14,15)19-10-3-1-9(2-4-10)7-16-8-11-17-5-6-18-11/h1-6,16H,7-8H2. The molecular formula is C12H11F3N2S2. The minimum absolute atomic E-state index is 0.0974. The number of nitrogens with one attached hydrogen (secondary N) is 1. The number of thiazole rings is 1. The van der Waals surface area contributed by atoms with Gasteiger partial charge in [0.15, 0.2) is 0 Å². The third-order valence-electron chi connectivity index (χ3n) is 2.25. The maximum atomic E-state index is 12.1. The van der Waals surface area contributed by atoms with E-state index in [2.05, 4.69) is 10.3 Å².